The summed E-state index contributed by atoms with van der Waals surface area (Å²) in [6.07, 6.45) is 9.99. The first-order valence-corrected chi connectivity index (χ1v) is 11.9. The van der Waals surface area contributed by atoms with Gasteiger partial charge in [-0.3, -0.25) is 0 Å². The normalized spacial score (nSPS) is 87.0. The van der Waals surface area contributed by atoms with Crippen molar-refractivity contribution in [1.29, 1.82) is 0 Å². The van der Waals surface area contributed by atoms with E-state index in [0.717, 1.165) is 0 Å². The summed E-state index contributed by atoms with van der Waals surface area (Å²) >= 11 is 0. The SMILES string of the molecule is C1CC2C1C1C2C2C3C(C4CC5C4C4C6C7CCC7C6C54)CC3C12. The summed E-state index contributed by atoms with van der Waals surface area (Å²) in [5.41, 5.74) is 0. The van der Waals surface area contributed by atoms with Gasteiger partial charge in [0.25, 0.3) is 0 Å². The first-order valence-electron chi connectivity index (χ1n) is 11.9. The lowest BCUT2D eigenvalue weighted by molar-refractivity contribution is -0.413. The Hall–Kier alpha value is 0. The van der Waals surface area contributed by atoms with E-state index in [0.29, 0.717) is 0 Å². The van der Waals surface area contributed by atoms with Crippen molar-refractivity contribution >= 4 is 0 Å². The molecule has 10 saturated carbocycles. The van der Waals surface area contributed by atoms with Crippen LogP contribution in [-0.2, 0) is 0 Å². The minimum absolute atomic E-state index is 1.26. The number of hydrogen-bond donors (Lipinski definition) is 0. The molecular formula is C24H30. The van der Waals surface area contributed by atoms with Crippen LogP contribution in [0.15, 0.2) is 0 Å². The minimum atomic E-state index is 1.26. The Labute approximate surface area is 145 Å². The average Bonchev–Trinajstić information content (AvgIpc) is 2.49. The number of hydrogen-bond acceptors (Lipinski definition) is 0. The number of rotatable bonds is 1. The monoisotopic (exact) mass is 318 g/mol. The van der Waals surface area contributed by atoms with Crippen molar-refractivity contribution in [1.82, 2.24) is 0 Å². The highest BCUT2D eigenvalue weighted by Gasteiger charge is 2.84. The van der Waals surface area contributed by atoms with Crippen LogP contribution >= 0.6 is 0 Å². The molecule has 0 amide bonds. The van der Waals surface area contributed by atoms with Crippen molar-refractivity contribution in [2.75, 3.05) is 0 Å². The molecule has 10 aliphatic carbocycles. The maximum Gasteiger partial charge on any atom is -0.0312 e. The predicted molar refractivity (Wildman–Crippen MR) is 90.5 cm³/mol. The van der Waals surface area contributed by atoms with E-state index < -0.39 is 0 Å². The van der Waals surface area contributed by atoms with Crippen LogP contribution in [0.1, 0.15) is 38.5 Å². The molecule has 0 aromatic carbocycles. The zero-order valence-corrected chi connectivity index (χ0v) is 14.6. The number of fused-ring (bicyclic) bond motifs is 20. The van der Waals surface area contributed by atoms with Gasteiger partial charge in [0.05, 0.1) is 0 Å². The molecule has 0 N–H and O–H groups in total. The van der Waals surface area contributed by atoms with Gasteiger partial charge in [-0.2, -0.15) is 0 Å². The molecule has 0 saturated heterocycles. The van der Waals surface area contributed by atoms with Gasteiger partial charge in [0, 0.05) is 0 Å². The van der Waals surface area contributed by atoms with Crippen molar-refractivity contribution in [2.45, 2.75) is 38.5 Å². The summed E-state index contributed by atoms with van der Waals surface area (Å²) in [4.78, 5) is 0. The molecule has 10 fully saturated rings. The third-order valence-electron chi connectivity index (χ3n) is 13.8. The Balaban J connectivity index is 0.915. The molecule has 126 valence electrons. The van der Waals surface area contributed by atoms with Crippen molar-refractivity contribution in [2.24, 2.45) is 107 Å². The molecule has 10 aliphatic rings. The molecule has 0 aliphatic heterocycles. The molecule has 18 unspecified atom stereocenters. The molecule has 0 heteroatoms. The summed E-state index contributed by atoms with van der Waals surface area (Å²) < 4.78 is 0. The van der Waals surface area contributed by atoms with Crippen molar-refractivity contribution < 1.29 is 0 Å². The second kappa shape index (κ2) is 3.09. The highest BCUT2D eigenvalue weighted by atomic mass is 14.9. The first-order chi connectivity index (χ1) is 11.9. The lowest BCUT2D eigenvalue weighted by Crippen LogP contribution is -2.84. The van der Waals surface area contributed by atoms with E-state index in [-0.39, 0.29) is 0 Å². The molecule has 0 bridgehead atoms. The molecule has 0 heterocycles. The van der Waals surface area contributed by atoms with Crippen LogP contribution < -0.4 is 0 Å². The van der Waals surface area contributed by atoms with Crippen LogP contribution in [0.3, 0.4) is 0 Å². The smallest absolute Gasteiger partial charge is 0.0312 e. The van der Waals surface area contributed by atoms with Gasteiger partial charge in [-0.05, 0) is 145 Å². The highest BCUT2D eigenvalue weighted by molar-refractivity contribution is 5.31. The Morgan fingerprint density at radius 2 is 0.583 bits per heavy atom. The second-order valence-corrected chi connectivity index (χ2v) is 12.7. The standard InChI is InChI=1S/C24H30/c1-3-9-7(1)17-19(9)23-15-11(5-13(15)21(17)23)12-6-14-16(12)24-20-10-4-2-8(10)18(20)22(14)24/h7-24H,1-6H2. The van der Waals surface area contributed by atoms with Crippen molar-refractivity contribution in [3.63, 3.8) is 0 Å². The summed E-state index contributed by atoms with van der Waals surface area (Å²) in [5.74, 6) is 23.0. The van der Waals surface area contributed by atoms with Crippen LogP contribution in [-0.4, -0.2) is 0 Å². The molecule has 0 radical (unpaired) electrons. The molecule has 0 spiro atoms. The van der Waals surface area contributed by atoms with Gasteiger partial charge in [-0.15, -0.1) is 0 Å². The van der Waals surface area contributed by atoms with E-state index in [1.807, 2.05) is 0 Å². The fourth-order valence-corrected chi connectivity index (χ4v) is 13.0. The van der Waals surface area contributed by atoms with Crippen LogP contribution in [0.4, 0.5) is 0 Å². The van der Waals surface area contributed by atoms with E-state index in [1.165, 1.54) is 107 Å². The quantitative estimate of drug-likeness (QED) is 0.622. The predicted octanol–water partition coefficient (Wildman–Crippen LogP) is 4.55. The molecule has 0 nitrogen and oxygen atoms in total. The third-order valence-corrected chi connectivity index (χ3v) is 13.8. The lowest BCUT2D eigenvalue weighted by Gasteiger charge is -2.89. The van der Waals surface area contributed by atoms with Gasteiger partial charge in [0.1, 0.15) is 0 Å². The van der Waals surface area contributed by atoms with E-state index in [2.05, 4.69) is 0 Å². The topological polar surface area (TPSA) is 0 Å². The molecule has 24 heavy (non-hydrogen) atoms. The van der Waals surface area contributed by atoms with Crippen LogP contribution in [0, 0.1) is 107 Å². The van der Waals surface area contributed by atoms with Gasteiger partial charge in [0.2, 0.25) is 0 Å². The minimum Gasteiger partial charge on any atom is -0.0496 e. The van der Waals surface area contributed by atoms with E-state index >= 15 is 0 Å². The third kappa shape index (κ3) is 0.802. The second-order valence-electron chi connectivity index (χ2n) is 12.7. The average molecular weight is 319 g/mol. The Morgan fingerprint density at radius 3 is 0.958 bits per heavy atom. The van der Waals surface area contributed by atoms with Crippen molar-refractivity contribution in [3.05, 3.63) is 0 Å². The van der Waals surface area contributed by atoms with Crippen molar-refractivity contribution in [3.8, 4) is 0 Å². The maximum atomic E-state index is 1.72. The zero-order valence-electron chi connectivity index (χ0n) is 14.6. The van der Waals surface area contributed by atoms with Gasteiger partial charge in [-0.1, -0.05) is 0 Å². The van der Waals surface area contributed by atoms with E-state index in [1.54, 1.807) is 38.5 Å². The lowest BCUT2D eigenvalue weighted by atomic mass is 9.16. The zero-order chi connectivity index (χ0) is 14.6. The van der Waals surface area contributed by atoms with Gasteiger partial charge >= 0.3 is 0 Å². The van der Waals surface area contributed by atoms with Gasteiger partial charge < -0.3 is 0 Å². The van der Waals surface area contributed by atoms with E-state index in [4.69, 9.17) is 0 Å². The van der Waals surface area contributed by atoms with E-state index in [9.17, 15) is 0 Å². The first kappa shape index (κ1) is 11.7. The molecule has 0 aromatic heterocycles. The summed E-state index contributed by atoms with van der Waals surface area (Å²) in [6, 6.07) is 0. The summed E-state index contributed by atoms with van der Waals surface area (Å²) in [5, 5.41) is 0. The Kier molecular flexibility index (Phi) is 1.50. The van der Waals surface area contributed by atoms with Crippen LogP contribution in [0.5, 0.6) is 0 Å². The fraction of sp³-hybridized carbons (Fsp3) is 1.00. The summed E-state index contributed by atoms with van der Waals surface area (Å²) in [6.45, 7) is 0. The van der Waals surface area contributed by atoms with Gasteiger partial charge in [-0.25, -0.2) is 0 Å². The molecule has 0 aromatic rings. The summed E-state index contributed by atoms with van der Waals surface area (Å²) in [7, 11) is 0. The largest absolute Gasteiger partial charge is 0.0496 e. The maximum absolute atomic E-state index is 1.72. The fourth-order valence-electron chi connectivity index (χ4n) is 13.0. The van der Waals surface area contributed by atoms with Gasteiger partial charge in [0.15, 0.2) is 0 Å². The Bertz CT molecular complexity index is 637. The molecule has 10 rings (SSSR count). The van der Waals surface area contributed by atoms with Crippen LogP contribution in [0.2, 0.25) is 0 Å². The van der Waals surface area contributed by atoms with Crippen LogP contribution in [0.25, 0.3) is 0 Å². The molecule has 18 atom stereocenters. The Morgan fingerprint density at radius 1 is 0.250 bits per heavy atom. The highest BCUT2D eigenvalue weighted by Crippen LogP contribution is 2.88. The molecular weight excluding hydrogens is 288 g/mol.